The van der Waals surface area contributed by atoms with Crippen LogP contribution >= 0.6 is 15.9 Å². The highest BCUT2D eigenvalue weighted by molar-refractivity contribution is 9.10. The SMILES string of the molecule is COc1cc(S(=O)(=O)N2CCN(c3ccc(C)cc3C)CC2)c(OC)cc1Br. The quantitative estimate of drug-likeness (QED) is 0.670. The molecule has 0 aliphatic carbocycles. The van der Waals surface area contributed by atoms with Gasteiger partial charge >= 0.3 is 0 Å². The molecule has 1 heterocycles. The molecule has 0 radical (unpaired) electrons. The van der Waals surface area contributed by atoms with Crippen molar-refractivity contribution >= 4 is 31.6 Å². The molecule has 0 saturated carbocycles. The Morgan fingerprint density at radius 3 is 2.14 bits per heavy atom. The largest absolute Gasteiger partial charge is 0.496 e. The van der Waals surface area contributed by atoms with Gasteiger partial charge < -0.3 is 14.4 Å². The van der Waals surface area contributed by atoms with Gasteiger partial charge in [-0.3, -0.25) is 0 Å². The number of halogens is 1. The molecule has 0 aromatic heterocycles. The zero-order valence-electron chi connectivity index (χ0n) is 16.5. The van der Waals surface area contributed by atoms with Gasteiger partial charge in [-0.15, -0.1) is 0 Å². The summed E-state index contributed by atoms with van der Waals surface area (Å²) in [5.74, 6) is 0.748. The maximum atomic E-state index is 13.3. The van der Waals surface area contributed by atoms with Gasteiger partial charge in [-0.25, -0.2) is 8.42 Å². The molecule has 1 aliphatic heterocycles. The van der Waals surface area contributed by atoms with Crippen molar-refractivity contribution in [2.45, 2.75) is 18.7 Å². The molecule has 0 spiro atoms. The number of benzene rings is 2. The van der Waals surface area contributed by atoms with E-state index in [-0.39, 0.29) is 4.90 Å². The fraction of sp³-hybridized carbons (Fsp3) is 0.400. The fourth-order valence-corrected chi connectivity index (χ4v) is 5.56. The zero-order chi connectivity index (χ0) is 20.5. The Morgan fingerprint density at radius 1 is 0.929 bits per heavy atom. The maximum Gasteiger partial charge on any atom is 0.247 e. The lowest BCUT2D eigenvalue weighted by Crippen LogP contribution is -2.48. The molecule has 152 valence electrons. The second-order valence-electron chi connectivity index (χ2n) is 6.82. The van der Waals surface area contributed by atoms with E-state index in [0.717, 1.165) is 5.69 Å². The molecule has 28 heavy (non-hydrogen) atoms. The van der Waals surface area contributed by atoms with Crippen molar-refractivity contribution in [3.63, 3.8) is 0 Å². The molecule has 2 aromatic carbocycles. The van der Waals surface area contributed by atoms with E-state index in [2.05, 4.69) is 52.9 Å². The summed E-state index contributed by atoms with van der Waals surface area (Å²) in [4.78, 5) is 2.36. The van der Waals surface area contributed by atoms with Crippen LogP contribution in [0, 0.1) is 13.8 Å². The molecule has 2 aromatic rings. The summed E-state index contributed by atoms with van der Waals surface area (Å²) in [6.07, 6.45) is 0. The first kappa shape index (κ1) is 21.0. The van der Waals surface area contributed by atoms with Gasteiger partial charge in [0.15, 0.2) is 0 Å². The van der Waals surface area contributed by atoms with E-state index in [1.807, 2.05) is 0 Å². The Balaban J connectivity index is 1.83. The topological polar surface area (TPSA) is 59.1 Å². The van der Waals surface area contributed by atoms with E-state index in [9.17, 15) is 8.42 Å². The number of rotatable bonds is 5. The van der Waals surface area contributed by atoms with Crippen LogP contribution < -0.4 is 14.4 Å². The number of hydrogen-bond acceptors (Lipinski definition) is 5. The van der Waals surface area contributed by atoms with Gasteiger partial charge in [-0.1, -0.05) is 17.7 Å². The lowest BCUT2D eigenvalue weighted by atomic mass is 10.1. The third-order valence-corrected chi connectivity index (χ3v) is 7.53. The number of piperazine rings is 1. The molecule has 0 N–H and O–H groups in total. The van der Waals surface area contributed by atoms with E-state index < -0.39 is 10.0 Å². The van der Waals surface area contributed by atoms with Crippen LogP contribution in [0.2, 0.25) is 0 Å². The Hall–Kier alpha value is -1.77. The van der Waals surface area contributed by atoms with Crippen LogP contribution in [0.1, 0.15) is 11.1 Å². The highest BCUT2D eigenvalue weighted by Crippen LogP contribution is 2.37. The van der Waals surface area contributed by atoms with E-state index in [1.54, 1.807) is 6.07 Å². The van der Waals surface area contributed by atoms with E-state index in [1.165, 1.54) is 35.7 Å². The van der Waals surface area contributed by atoms with Gasteiger partial charge in [0.05, 0.1) is 18.7 Å². The van der Waals surface area contributed by atoms with Crippen molar-refractivity contribution < 1.29 is 17.9 Å². The average molecular weight is 469 g/mol. The van der Waals surface area contributed by atoms with Crippen molar-refractivity contribution in [1.29, 1.82) is 0 Å². The fourth-order valence-electron chi connectivity index (χ4n) is 3.50. The second kappa shape index (κ2) is 8.31. The number of anilines is 1. The van der Waals surface area contributed by atoms with Crippen LogP contribution in [-0.4, -0.2) is 53.1 Å². The number of aryl methyl sites for hydroxylation is 2. The molecule has 1 saturated heterocycles. The molecular formula is C20H25BrN2O4S. The smallest absolute Gasteiger partial charge is 0.247 e. The molecule has 1 aliphatic rings. The minimum atomic E-state index is -3.70. The van der Waals surface area contributed by atoms with E-state index in [4.69, 9.17) is 9.47 Å². The van der Waals surface area contributed by atoms with Gasteiger partial charge in [0.1, 0.15) is 16.4 Å². The first-order valence-electron chi connectivity index (χ1n) is 9.02. The Morgan fingerprint density at radius 2 is 1.57 bits per heavy atom. The van der Waals surface area contributed by atoms with Crippen molar-refractivity contribution in [2.24, 2.45) is 0 Å². The van der Waals surface area contributed by atoms with Crippen molar-refractivity contribution in [1.82, 2.24) is 4.31 Å². The molecule has 0 atom stereocenters. The standard InChI is InChI=1S/C20H25BrN2O4S/c1-14-5-6-17(15(2)11-14)22-7-9-23(10-8-22)28(24,25)20-13-18(26-3)16(21)12-19(20)27-4/h5-6,11-13H,7-10H2,1-4H3. The molecule has 1 fully saturated rings. The van der Waals surface area contributed by atoms with Crippen LogP contribution in [0.4, 0.5) is 5.69 Å². The maximum absolute atomic E-state index is 13.3. The molecule has 3 rings (SSSR count). The predicted molar refractivity (Wildman–Crippen MR) is 114 cm³/mol. The number of nitrogens with zero attached hydrogens (tertiary/aromatic N) is 2. The summed E-state index contributed by atoms with van der Waals surface area (Å²) in [7, 11) is -0.726. The Kier molecular flexibility index (Phi) is 6.21. The predicted octanol–water partition coefficient (Wildman–Crippen LogP) is 3.59. The number of hydrogen-bond donors (Lipinski definition) is 0. The summed E-state index contributed by atoms with van der Waals surface area (Å²) in [5, 5.41) is 0. The lowest BCUT2D eigenvalue weighted by Gasteiger charge is -2.36. The third-order valence-electron chi connectivity index (χ3n) is 4.99. The van der Waals surface area contributed by atoms with Crippen molar-refractivity contribution in [3.05, 3.63) is 45.9 Å². The zero-order valence-corrected chi connectivity index (χ0v) is 18.9. The Labute approximate surface area is 175 Å². The Bertz CT molecular complexity index is 970. The van der Waals surface area contributed by atoms with E-state index in [0.29, 0.717) is 42.2 Å². The first-order chi connectivity index (χ1) is 13.3. The van der Waals surface area contributed by atoms with Crippen molar-refractivity contribution in [2.75, 3.05) is 45.3 Å². The minimum absolute atomic E-state index is 0.120. The van der Waals surface area contributed by atoms with Gasteiger partial charge in [0.2, 0.25) is 10.0 Å². The molecule has 0 amide bonds. The summed E-state index contributed by atoms with van der Waals surface area (Å²) in [5.41, 5.74) is 3.58. The van der Waals surface area contributed by atoms with Crippen LogP contribution in [0.5, 0.6) is 11.5 Å². The van der Waals surface area contributed by atoms with Crippen LogP contribution in [0.3, 0.4) is 0 Å². The van der Waals surface area contributed by atoms with Crippen molar-refractivity contribution in [3.8, 4) is 11.5 Å². The van der Waals surface area contributed by atoms with Crippen LogP contribution in [0.25, 0.3) is 0 Å². The normalized spacial score (nSPS) is 15.5. The summed E-state index contributed by atoms with van der Waals surface area (Å²) >= 11 is 3.37. The highest BCUT2D eigenvalue weighted by Gasteiger charge is 2.32. The summed E-state index contributed by atoms with van der Waals surface area (Å²) < 4.78 is 39.3. The number of sulfonamides is 1. The molecule has 6 nitrogen and oxygen atoms in total. The minimum Gasteiger partial charge on any atom is -0.496 e. The molecular weight excluding hydrogens is 444 g/mol. The molecule has 0 unspecified atom stereocenters. The van der Waals surface area contributed by atoms with Gasteiger partial charge in [-0.05, 0) is 47.5 Å². The monoisotopic (exact) mass is 468 g/mol. The van der Waals surface area contributed by atoms with Crippen LogP contribution in [-0.2, 0) is 10.0 Å². The summed E-state index contributed by atoms with van der Waals surface area (Å²) in [6, 6.07) is 9.48. The van der Waals surface area contributed by atoms with Gasteiger partial charge in [0.25, 0.3) is 0 Å². The number of methoxy groups -OCH3 is 2. The second-order valence-corrected chi connectivity index (χ2v) is 9.58. The highest BCUT2D eigenvalue weighted by atomic mass is 79.9. The van der Waals surface area contributed by atoms with Crippen LogP contribution in [0.15, 0.2) is 39.7 Å². The van der Waals surface area contributed by atoms with E-state index >= 15 is 0 Å². The average Bonchev–Trinajstić information content (AvgIpc) is 2.67. The van der Waals surface area contributed by atoms with Gasteiger partial charge in [-0.2, -0.15) is 4.31 Å². The lowest BCUT2D eigenvalue weighted by molar-refractivity contribution is 0.370. The first-order valence-corrected chi connectivity index (χ1v) is 11.2. The van der Waals surface area contributed by atoms with Gasteiger partial charge in [0, 0.05) is 37.9 Å². The number of ether oxygens (including phenoxy) is 2. The molecule has 8 heteroatoms. The molecule has 0 bridgehead atoms. The third kappa shape index (κ3) is 3.99. The summed E-state index contributed by atoms with van der Waals surface area (Å²) in [6.45, 7) is 6.26.